The number of halogens is 1. The molecule has 1 aliphatic rings. The minimum atomic E-state index is -0.405. The lowest BCUT2D eigenvalue weighted by molar-refractivity contribution is 0.580. The minimum absolute atomic E-state index is 0.405. The quantitative estimate of drug-likeness (QED) is 0.777. The molecule has 1 saturated carbocycles. The second-order valence-electron chi connectivity index (χ2n) is 4.87. The molecule has 2 heterocycles. The summed E-state index contributed by atoms with van der Waals surface area (Å²) in [5.74, 6) is 0.174. The van der Waals surface area contributed by atoms with Gasteiger partial charge in [0.2, 0.25) is 5.95 Å². The third kappa shape index (κ3) is 1.82. The molecule has 2 aromatic heterocycles. The van der Waals surface area contributed by atoms with Crippen LogP contribution in [0.15, 0.2) is 18.5 Å². The largest absolute Gasteiger partial charge is 0.265 e. The molecule has 0 bridgehead atoms. The van der Waals surface area contributed by atoms with Crippen LogP contribution in [0.3, 0.4) is 0 Å². The molecule has 0 spiro atoms. The van der Waals surface area contributed by atoms with Crippen LogP contribution in [-0.4, -0.2) is 14.8 Å². The van der Waals surface area contributed by atoms with Crippen LogP contribution in [-0.2, 0) is 6.54 Å². The Hall–Kier alpha value is -1.71. The summed E-state index contributed by atoms with van der Waals surface area (Å²) in [6.07, 6.45) is 5.83. The first kappa shape index (κ1) is 11.4. The highest BCUT2D eigenvalue weighted by molar-refractivity contribution is 5.63. The molecule has 18 heavy (non-hydrogen) atoms. The van der Waals surface area contributed by atoms with E-state index in [1.807, 2.05) is 24.6 Å². The van der Waals surface area contributed by atoms with Gasteiger partial charge in [0.05, 0.1) is 17.5 Å². The van der Waals surface area contributed by atoms with Gasteiger partial charge < -0.3 is 0 Å². The number of aromatic nitrogens is 3. The fourth-order valence-corrected chi connectivity index (χ4v) is 2.34. The Morgan fingerprint density at radius 2 is 2.17 bits per heavy atom. The van der Waals surface area contributed by atoms with Gasteiger partial charge in [0, 0.05) is 12.7 Å². The summed E-state index contributed by atoms with van der Waals surface area (Å²) in [6, 6.07) is 1.94. The van der Waals surface area contributed by atoms with Gasteiger partial charge in [0.15, 0.2) is 0 Å². The van der Waals surface area contributed by atoms with Gasteiger partial charge in [-0.1, -0.05) is 0 Å². The lowest BCUT2D eigenvalue weighted by Gasteiger charge is -2.09. The summed E-state index contributed by atoms with van der Waals surface area (Å²) in [7, 11) is 0. The molecular weight excluding hydrogens is 229 g/mol. The highest BCUT2D eigenvalue weighted by atomic mass is 19.1. The van der Waals surface area contributed by atoms with Crippen molar-refractivity contribution in [2.75, 3.05) is 0 Å². The number of aryl methyl sites for hydroxylation is 2. The highest BCUT2D eigenvalue weighted by Crippen LogP contribution is 2.41. The fourth-order valence-electron chi connectivity index (χ4n) is 2.34. The van der Waals surface area contributed by atoms with Gasteiger partial charge in [-0.25, -0.2) is 4.98 Å². The Labute approximate surface area is 106 Å². The number of hydrogen-bond donors (Lipinski definition) is 0. The molecule has 0 atom stereocenters. The van der Waals surface area contributed by atoms with Crippen molar-refractivity contribution in [3.8, 4) is 11.3 Å². The Morgan fingerprint density at radius 1 is 1.39 bits per heavy atom. The second kappa shape index (κ2) is 4.19. The highest BCUT2D eigenvalue weighted by Gasteiger charge is 2.25. The molecule has 0 amide bonds. The van der Waals surface area contributed by atoms with E-state index in [1.165, 1.54) is 12.8 Å². The van der Waals surface area contributed by atoms with E-state index in [4.69, 9.17) is 0 Å². The lowest BCUT2D eigenvalue weighted by atomic mass is 10.1. The van der Waals surface area contributed by atoms with Crippen molar-refractivity contribution in [1.29, 1.82) is 0 Å². The first-order chi connectivity index (χ1) is 8.70. The Morgan fingerprint density at radius 3 is 2.83 bits per heavy atom. The van der Waals surface area contributed by atoms with Crippen LogP contribution in [0.1, 0.15) is 36.8 Å². The van der Waals surface area contributed by atoms with Crippen LogP contribution in [0, 0.1) is 12.9 Å². The third-order valence-corrected chi connectivity index (χ3v) is 3.49. The summed E-state index contributed by atoms with van der Waals surface area (Å²) in [6.45, 7) is 4.69. The predicted molar refractivity (Wildman–Crippen MR) is 67.8 cm³/mol. The molecule has 0 aromatic carbocycles. The lowest BCUT2D eigenvalue weighted by Crippen LogP contribution is -2.02. The van der Waals surface area contributed by atoms with Gasteiger partial charge in [-0.05, 0) is 49.8 Å². The summed E-state index contributed by atoms with van der Waals surface area (Å²) in [5.41, 5.74) is 3.57. The number of nitrogens with zero attached hydrogens (tertiary/aromatic N) is 3. The Balaban J connectivity index is 2.14. The zero-order valence-corrected chi connectivity index (χ0v) is 10.7. The average molecular weight is 245 g/mol. The number of pyridine rings is 1. The minimum Gasteiger partial charge on any atom is -0.265 e. The van der Waals surface area contributed by atoms with Crippen molar-refractivity contribution in [2.45, 2.75) is 39.2 Å². The van der Waals surface area contributed by atoms with Crippen LogP contribution in [0.2, 0.25) is 0 Å². The van der Waals surface area contributed by atoms with Gasteiger partial charge in [-0.2, -0.15) is 9.49 Å². The smallest absolute Gasteiger partial charge is 0.222 e. The zero-order chi connectivity index (χ0) is 12.7. The molecule has 1 fully saturated rings. The molecule has 1 aliphatic carbocycles. The van der Waals surface area contributed by atoms with Gasteiger partial charge in [-0.15, -0.1) is 0 Å². The molecule has 0 N–H and O–H groups in total. The molecule has 0 radical (unpaired) electrons. The van der Waals surface area contributed by atoms with Crippen molar-refractivity contribution in [2.24, 2.45) is 0 Å². The molecule has 0 unspecified atom stereocenters. The summed E-state index contributed by atoms with van der Waals surface area (Å²) in [5, 5.41) is 4.26. The van der Waals surface area contributed by atoms with Gasteiger partial charge in [-0.3, -0.25) is 4.68 Å². The van der Waals surface area contributed by atoms with E-state index in [2.05, 4.69) is 10.1 Å². The third-order valence-electron chi connectivity index (χ3n) is 3.49. The maximum absolute atomic E-state index is 14.0. The van der Waals surface area contributed by atoms with E-state index in [-0.39, 0.29) is 0 Å². The fraction of sp³-hybridized carbons (Fsp3) is 0.429. The number of rotatable bonds is 3. The number of hydrogen-bond acceptors (Lipinski definition) is 2. The van der Waals surface area contributed by atoms with Crippen LogP contribution in [0.4, 0.5) is 4.39 Å². The van der Waals surface area contributed by atoms with E-state index in [0.29, 0.717) is 11.5 Å². The summed E-state index contributed by atoms with van der Waals surface area (Å²) in [4.78, 5) is 3.91. The molecule has 3 rings (SSSR count). The summed E-state index contributed by atoms with van der Waals surface area (Å²) < 4.78 is 15.8. The predicted octanol–water partition coefficient (Wildman–Crippen LogP) is 3.29. The van der Waals surface area contributed by atoms with Crippen molar-refractivity contribution >= 4 is 0 Å². The van der Waals surface area contributed by atoms with Crippen LogP contribution < -0.4 is 0 Å². The van der Waals surface area contributed by atoms with Crippen LogP contribution >= 0.6 is 0 Å². The Bertz CT molecular complexity index is 585. The van der Waals surface area contributed by atoms with E-state index in [1.54, 1.807) is 12.4 Å². The average Bonchev–Trinajstić information content (AvgIpc) is 3.14. The topological polar surface area (TPSA) is 30.7 Å². The molecule has 94 valence electrons. The zero-order valence-electron chi connectivity index (χ0n) is 10.7. The summed E-state index contributed by atoms with van der Waals surface area (Å²) >= 11 is 0. The van der Waals surface area contributed by atoms with Crippen molar-refractivity contribution in [1.82, 2.24) is 14.8 Å². The van der Waals surface area contributed by atoms with Crippen LogP contribution in [0.5, 0.6) is 0 Å². The van der Waals surface area contributed by atoms with E-state index in [0.717, 1.165) is 23.4 Å². The van der Waals surface area contributed by atoms with E-state index >= 15 is 0 Å². The maximum Gasteiger partial charge on any atom is 0.222 e. The molecular formula is C14H16FN3. The van der Waals surface area contributed by atoms with Gasteiger partial charge in [0.25, 0.3) is 0 Å². The van der Waals surface area contributed by atoms with Gasteiger partial charge in [0.1, 0.15) is 0 Å². The monoisotopic (exact) mass is 245 g/mol. The Kier molecular flexibility index (Phi) is 2.65. The SMILES string of the molecule is CCn1ncc(C)c1-c1cc(C2CC2)cnc1F. The van der Waals surface area contributed by atoms with E-state index < -0.39 is 5.95 Å². The van der Waals surface area contributed by atoms with Crippen molar-refractivity contribution in [3.05, 3.63) is 35.5 Å². The second-order valence-corrected chi connectivity index (χ2v) is 4.87. The molecule has 2 aromatic rings. The molecule has 3 nitrogen and oxygen atoms in total. The maximum atomic E-state index is 14.0. The van der Waals surface area contributed by atoms with Crippen LogP contribution in [0.25, 0.3) is 11.3 Å². The molecule has 0 aliphatic heterocycles. The van der Waals surface area contributed by atoms with Crippen molar-refractivity contribution in [3.63, 3.8) is 0 Å². The first-order valence-corrected chi connectivity index (χ1v) is 6.39. The normalized spacial score (nSPS) is 15.1. The standard InChI is InChI=1S/C14H16FN3/c1-3-18-13(9(2)7-17-18)12-6-11(10-4-5-10)8-16-14(12)15/h6-8,10H,3-5H2,1-2H3. The van der Waals surface area contributed by atoms with E-state index in [9.17, 15) is 4.39 Å². The van der Waals surface area contributed by atoms with Crippen molar-refractivity contribution < 1.29 is 4.39 Å². The molecule has 4 heteroatoms. The molecule has 0 saturated heterocycles. The van der Waals surface area contributed by atoms with Gasteiger partial charge >= 0.3 is 0 Å². The first-order valence-electron chi connectivity index (χ1n) is 6.39.